The molecule has 2 saturated heterocycles. The molecule has 0 radical (unpaired) electrons. The van der Waals surface area contributed by atoms with Gasteiger partial charge in [0.1, 0.15) is 0 Å². The van der Waals surface area contributed by atoms with Crippen molar-refractivity contribution in [2.75, 3.05) is 24.5 Å². The predicted octanol–water partition coefficient (Wildman–Crippen LogP) is 2.62. The molecule has 6 nitrogen and oxygen atoms in total. The molecule has 3 aliphatic heterocycles. The molecule has 2 fully saturated rings. The van der Waals surface area contributed by atoms with Crippen LogP contribution in [0.25, 0.3) is 0 Å². The number of benzene rings is 2. The van der Waals surface area contributed by atoms with Gasteiger partial charge in [-0.25, -0.2) is 4.90 Å². The van der Waals surface area contributed by atoms with Gasteiger partial charge in [0.2, 0.25) is 0 Å². The van der Waals surface area contributed by atoms with Crippen molar-refractivity contribution in [2.24, 2.45) is 5.92 Å². The van der Waals surface area contributed by atoms with Crippen LogP contribution in [-0.2, 0) is 0 Å². The van der Waals surface area contributed by atoms with E-state index in [4.69, 9.17) is 0 Å². The normalized spacial score (nSPS) is 23.3. The zero-order valence-corrected chi connectivity index (χ0v) is 16.4. The van der Waals surface area contributed by atoms with Crippen molar-refractivity contribution in [1.29, 1.82) is 0 Å². The maximum atomic E-state index is 13.1. The maximum Gasteiger partial charge on any atom is 0.266 e. The molecule has 0 bridgehead atoms. The number of imide groups is 1. The molecule has 148 valence electrons. The van der Waals surface area contributed by atoms with E-state index < -0.39 is 0 Å². The molecule has 0 aliphatic carbocycles. The molecule has 1 N–H and O–H groups in total. The SMILES string of the molecule is Cc1ccccc1N1C(=O)c2ccc(C(=O)N3C[C@@H]4CCCN[C@@H]4C3)cc2C1=O. The Hall–Kier alpha value is -2.99. The van der Waals surface area contributed by atoms with Crippen LogP contribution in [-0.4, -0.2) is 48.3 Å². The molecule has 5 rings (SSSR count). The Kier molecular flexibility index (Phi) is 4.24. The van der Waals surface area contributed by atoms with Gasteiger partial charge in [-0.3, -0.25) is 14.4 Å². The molecule has 3 heterocycles. The number of nitrogens with zero attached hydrogens (tertiary/aromatic N) is 2. The minimum atomic E-state index is -0.370. The molecule has 0 aromatic heterocycles. The van der Waals surface area contributed by atoms with Gasteiger partial charge < -0.3 is 10.2 Å². The van der Waals surface area contributed by atoms with Crippen LogP contribution in [0.3, 0.4) is 0 Å². The average molecular weight is 389 g/mol. The first-order chi connectivity index (χ1) is 14.0. The average Bonchev–Trinajstić information content (AvgIpc) is 3.27. The first-order valence-electron chi connectivity index (χ1n) is 10.2. The summed E-state index contributed by atoms with van der Waals surface area (Å²) in [7, 11) is 0. The van der Waals surface area contributed by atoms with Crippen LogP contribution in [0.4, 0.5) is 5.69 Å². The predicted molar refractivity (Wildman–Crippen MR) is 109 cm³/mol. The third-order valence-electron chi connectivity index (χ3n) is 6.38. The van der Waals surface area contributed by atoms with Gasteiger partial charge in [-0.2, -0.15) is 0 Å². The molecule has 0 saturated carbocycles. The number of nitrogens with one attached hydrogen (secondary N) is 1. The second-order valence-electron chi connectivity index (χ2n) is 8.17. The van der Waals surface area contributed by atoms with Crippen LogP contribution in [0.5, 0.6) is 0 Å². The van der Waals surface area contributed by atoms with Crippen molar-refractivity contribution >= 4 is 23.4 Å². The molecule has 29 heavy (non-hydrogen) atoms. The Morgan fingerprint density at radius 1 is 1.03 bits per heavy atom. The van der Waals surface area contributed by atoms with Gasteiger partial charge >= 0.3 is 0 Å². The van der Waals surface area contributed by atoms with Crippen LogP contribution in [0.15, 0.2) is 42.5 Å². The van der Waals surface area contributed by atoms with Crippen LogP contribution < -0.4 is 10.2 Å². The monoisotopic (exact) mass is 389 g/mol. The van der Waals surface area contributed by atoms with Gasteiger partial charge in [-0.1, -0.05) is 18.2 Å². The lowest BCUT2D eigenvalue weighted by Crippen LogP contribution is -2.41. The Labute approximate surface area is 169 Å². The molecule has 3 amide bonds. The Balaban J connectivity index is 1.43. The van der Waals surface area contributed by atoms with Gasteiger partial charge in [-0.15, -0.1) is 0 Å². The van der Waals surface area contributed by atoms with E-state index >= 15 is 0 Å². The minimum Gasteiger partial charge on any atom is -0.337 e. The molecular formula is C23H23N3O3. The number of hydrogen-bond donors (Lipinski definition) is 1. The fraction of sp³-hybridized carbons (Fsp3) is 0.348. The van der Waals surface area contributed by atoms with Gasteiger partial charge in [0.15, 0.2) is 0 Å². The Morgan fingerprint density at radius 3 is 2.62 bits per heavy atom. The number of carbonyl (C=O) groups is 3. The highest BCUT2D eigenvalue weighted by Crippen LogP contribution is 2.32. The minimum absolute atomic E-state index is 0.0707. The molecular weight excluding hydrogens is 366 g/mol. The number of rotatable bonds is 2. The van der Waals surface area contributed by atoms with E-state index in [1.54, 1.807) is 24.3 Å². The van der Waals surface area contributed by atoms with Gasteiger partial charge in [0.25, 0.3) is 17.7 Å². The zero-order chi connectivity index (χ0) is 20.1. The fourth-order valence-electron chi connectivity index (χ4n) is 4.80. The highest BCUT2D eigenvalue weighted by Gasteiger charge is 2.40. The smallest absolute Gasteiger partial charge is 0.266 e. The topological polar surface area (TPSA) is 69.7 Å². The summed E-state index contributed by atoms with van der Waals surface area (Å²) in [6, 6.07) is 12.5. The van der Waals surface area contributed by atoms with Crippen LogP contribution in [0.1, 0.15) is 49.5 Å². The summed E-state index contributed by atoms with van der Waals surface area (Å²) in [5.74, 6) is -0.277. The van der Waals surface area contributed by atoms with E-state index in [1.807, 2.05) is 30.0 Å². The molecule has 2 aromatic rings. The number of aryl methyl sites for hydroxylation is 1. The molecule has 6 heteroatoms. The molecule has 0 spiro atoms. The van der Waals surface area contributed by atoms with E-state index in [1.165, 1.54) is 4.90 Å². The van der Waals surface area contributed by atoms with Crippen molar-refractivity contribution in [2.45, 2.75) is 25.8 Å². The van der Waals surface area contributed by atoms with Crippen molar-refractivity contribution in [3.05, 3.63) is 64.7 Å². The van der Waals surface area contributed by atoms with Gasteiger partial charge in [-0.05, 0) is 62.1 Å². The Bertz CT molecular complexity index is 1020. The number of fused-ring (bicyclic) bond motifs is 2. The summed E-state index contributed by atoms with van der Waals surface area (Å²) >= 11 is 0. The number of piperidine rings is 1. The Morgan fingerprint density at radius 2 is 1.83 bits per heavy atom. The number of hydrogen-bond acceptors (Lipinski definition) is 4. The van der Waals surface area contributed by atoms with Gasteiger partial charge in [0.05, 0.1) is 16.8 Å². The van der Waals surface area contributed by atoms with E-state index in [0.717, 1.165) is 31.5 Å². The molecule has 3 aliphatic rings. The lowest BCUT2D eigenvalue weighted by Gasteiger charge is -2.24. The quantitative estimate of drug-likeness (QED) is 0.802. The molecule has 0 unspecified atom stereocenters. The molecule has 2 atom stereocenters. The lowest BCUT2D eigenvalue weighted by molar-refractivity contribution is 0.0785. The third kappa shape index (κ3) is 2.86. The summed E-state index contributed by atoms with van der Waals surface area (Å²) in [4.78, 5) is 42.1. The van der Waals surface area contributed by atoms with Gasteiger partial charge in [0, 0.05) is 24.7 Å². The first-order valence-corrected chi connectivity index (χ1v) is 10.2. The number of likely N-dealkylation sites (tertiary alicyclic amines) is 1. The fourth-order valence-corrected chi connectivity index (χ4v) is 4.80. The van der Waals surface area contributed by atoms with E-state index in [-0.39, 0.29) is 17.7 Å². The number of amides is 3. The van der Waals surface area contributed by atoms with Crippen LogP contribution >= 0.6 is 0 Å². The van der Waals surface area contributed by atoms with Crippen molar-refractivity contribution in [1.82, 2.24) is 10.2 Å². The van der Waals surface area contributed by atoms with Crippen molar-refractivity contribution in [3.63, 3.8) is 0 Å². The van der Waals surface area contributed by atoms with Crippen LogP contribution in [0, 0.1) is 12.8 Å². The summed E-state index contributed by atoms with van der Waals surface area (Å²) in [5, 5.41) is 3.50. The highest BCUT2D eigenvalue weighted by atomic mass is 16.2. The van der Waals surface area contributed by atoms with Crippen molar-refractivity contribution < 1.29 is 14.4 Å². The lowest BCUT2D eigenvalue weighted by atomic mass is 9.94. The van der Waals surface area contributed by atoms with Crippen LogP contribution in [0.2, 0.25) is 0 Å². The molecule has 2 aromatic carbocycles. The standard InChI is InChI=1S/C23H23N3O3/c1-14-5-2-3-7-20(14)26-22(28)17-9-8-15(11-18(17)23(26)29)21(27)25-12-16-6-4-10-24-19(16)13-25/h2-3,5,7-9,11,16,19,24H,4,6,10,12-13H2,1H3/t16-,19+/m0/s1. The summed E-state index contributed by atoms with van der Waals surface area (Å²) in [6.07, 6.45) is 2.29. The second kappa shape index (κ2) is 6.81. The second-order valence-corrected chi connectivity index (χ2v) is 8.17. The first kappa shape index (κ1) is 18.1. The van der Waals surface area contributed by atoms with E-state index in [9.17, 15) is 14.4 Å². The summed E-state index contributed by atoms with van der Waals surface area (Å²) in [6.45, 7) is 4.32. The van der Waals surface area contributed by atoms with E-state index in [0.29, 0.717) is 40.9 Å². The maximum absolute atomic E-state index is 13.1. The summed E-state index contributed by atoms with van der Waals surface area (Å²) < 4.78 is 0. The highest BCUT2D eigenvalue weighted by molar-refractivity contribution is 6.35. The largest absolute Gasteiger partial charge is 0.337 e. The third-order valence-corrected chi connectivity index (χ3v) is 6.38. The van der Waals surface area contributed by atoms with Crippen molar-refractivity contribution in [3.8, 4) is 0 Å². The van der Waals surface area contributed by atoms with E-state index in [2.05, 4.69) is 5.32 Å². The zero-order valence-electron chi connectivity index (χ0n) is 16.4. The number of anilines is 1. The number of para-hydroxylation sites is 1. The summed E-state index contributed by atoms with van der Waals surface area (Å²) in [5.41, 5.74) is 2.56. The number of carbonyl (C=O) groups excluding carboxylic acids is 3.